The summed E-state index contributed by atoms with van der Waals surface area (Å²) in [6.07, 6.45) is 2.92. The number of hydrogen-bond acceptors (Lipinski definition) is 5. The van der Waals surface area contributed by atoms with Gasteiger partial charge in [-0.15, -0.1) is 0 Å². The van der Waals surface area contributed by atoms with Gasteiger partial charge in [0.15, 0.2) is 5.76 Å². The maximum absolute atomic E-state index is 12.1. The van der Waals surface area contributed by atoms with Crippen LogP contribution in [0.4, 0.5) is 11.4 Å². The van der Waals surface area contributed by atoms with E-state index >= 15 is 0 Å². The Kier molecular flexibility index (Phi) is 5.24. The van der Waals surface area contributed by atoms with Crippen molar-refractivity contribution in [2.24, 2.45) is 4.99 Å². The topological polar surface area (TPSA) is 84.1 Å². The van der Waals surface area contributed by atoms with Gasteiger partial charge in [0, 0.05) is 22.9 Å². The normalized spacial score (nSPS) is 10.8. The fourth-order valence-electron chi connectivity index (χ4n) is 2.23. The highest BCUT2D eigenvalue weighted by Crippen LogP contribution is 2.30. The standard InChI is InChI=1S/C19H15ClN2O4/c1-25-18-10-14(21-11-12-9-13(20)4-7-16(12)23)5-6-15(18)22-19(24)17-3-2-8-26-17/h2-11,23H,1H3,(H,22,24). The van der Waals surface area contributed by atoms with E-state index in [9.17, 15) is 9.90 Å². The van der Waals surface area contributed by atoms with E-state index in [1.165, 1.54) is 25.7 Å². The van der Waals surface area contributed by atoms with Crippen LogP contribution in [0, 0.1) is 0 Å². The SMILES string of the molecule is COc1cc(N=Cc2cc(Cl)ccc2O)ccc1NC(=O)c1ccco1. The summed E-state index contributed by atoms with van der Waals surface area (Å²) >= 11 is 5.92. The lowest BCUT2D eigenvalue weighted by atomic mass is 10.2. The summed E-state index contributed by atoms with van der Waals surface area (Å²) in [5.74, 6) is 0.335. The molecule has 6 nitrogen and oxygen atoms in total. The van der Waals surface area contributed by atoms with Gasteiger partial charge in [-0.05, 0) is 42.5 Å². The van der Waals surface area contributed by atoms with Crippen molar-refractivity contribution < 1.29 is 19.1 Å². The van der Waals surface area contributed by atoms with Gasteiger partial charge in [-0.25, -0.2) is 0 Å². The molecule has 3 rings (SSSR count). The highest BCUT2D eigenvalue weighted by atomic mass is 35.5. The fraction of sp³-hybridized carbons (Fsp3) is 0.0526. The molecule has 0 bridgehead atoms. The van der Waals surface area contributed by atoms with Crippen LogP contribution < -0.4 is 10.1 Å². The summed E-state index contributed by atoms with van der Waals surface area (Å²) in [5, 5.41) is 13.0. The summed E-state index contributed by atoms with van der Waals surface area (Å²) in [6.45, 7) is 0. The maximum Gasteiger partial charge on any atom is 0.291 e. The smallest absolute Gasteiger partial charge is 0.291 e. The van der Waals surface area contributed by atoms with Crippen LogP contribution in [0.25, 0.3) is 0 Å². The van der Waals surface area contributed by atoms with Crippen LogP contribution in [-0.4, -0.2) is 24.3 Å². The second-order valence-electron chi connectivity index (χ2n) is 5.28. The zero-order valence-electron chi connectivity index (χ0n) is 13.8. The molecule has 3 aromatic rings. The number of nitrogens with zero attached hydrogens (tertiary/aromatic N) is 1. The molecule has 2 aromatic carbocycles. The minimum absolute atomic E-state index is 0.0763. The molecule has 26 heavy (non-hydrogen) atoms. The molecule has 0 fully saturated rings. The van der Waals surface area contributed by atoms with Crippen molar-refractivity contribution in [3.05, 3.63) is 71.1 Å². The van der Waals surface area contributed by atoms with Crippen LogP contribution in [0.1, 0.15) is 16.1 Å². The van der Waals surface area contributed by atoms with Gasteiger partial charge in [0.25, 0.3) is 5.91 Å². The van der Waals surface area contributed by atoms with Crippen molar-refractivity contribution >= 4 is 35.1 Å². The van der Waals surface area contributed by atoms with Gasteiger partial charge < -0.3 is 19.6 Å². The molecule has 2 N–H and O–H groups in total. The van der Waals surface area contributed by atoms with E-state index in [0.29, 0.717) is 27.7 Å². The minimum Gasteiger partial charge on any atom is -0.507 e. The Morgan fingerprint density at radius 2 is 2.12 bits per heavy atom. The van der Waals surface area contributed by atoms with Gasteiger partial charge in [0.1, 0.15) is 11.5 Å². The number of aliphatic imine (C=N–C) groups is 1. The highest BCUT2D eigenvalue weighted by Gasteiger charge is 2.12. The molecule has 0 aliphatic rings. The van der Waals surface area contributed by atoms with Gasteiger partial charge in [-0.3, -0.25) is 9.79 Å². The van der Waals surface area contributed by atoms with E-state index in [1.54, 1.807) is 42.5 Å². The molecule has 0 aliphatic heterocycles. The molecule has 0 saturated carbocycles. The Balaban J connectivity index is 1.81. The van der Waals surface area contributed by atoms with Gasteiger partial charge in [-0.2, -0.15) is 0 Å². The number of carbonyl (C=O) groups is 1. The maximum atomic E-state index is 12.1. The average Bonchev–Trinajstić information content (AvgIpc) is 3.18. The predicted octanol–water partition coefficient (Wildman–Crippen LogP) is 4.65. The number of phenols is 1. The van der Waals surface area contributed by atoms with E-state index in [4.69, 9.17) is 20.8 Å². The molecular formula is C19H15ClN2O4. The van der Waals surface area contributed by atoms with E-state index in [-0.39, 0.29) is 17.4 Å². The Labute approximate surface area is 154 Å². The van der Waals surface area contributed by atoms with Gasteiger partial charge in [-0.1, -0.05) is 11.6 Å². The molecule has 7 heteroatoms. The first kappa shape index (κ1) is 17.6. The lowest BCUT2D eigenvalue weighted by Crippen LogP contribution is -2.11. The van der Waals surface area contributed by atoms with E-state index in [0.717, 1.165) is 0 Å². The number of rotatable bonds is 5. The zero-order chi connectivity index (χ0) is 18.5. The lowest BCUT2D eigenvalue weighted by Gasteiger charge is -2.10. The largest absolute Gasteiger partial charge is 0.507 e. The average molecular weight is 371 g/mol. The van der Waals surface area contributed by atoms with Crippen LogP contribution in [0.15, 0.2) is 64.2 Å². The van der Waals surface area contributed by atoms with Crippen molar-refractivity contribution in [3.63, 3.8) is 0 Å². The van der Waals surface area contributed by atoms with Crippen molar-refractivity contribution in [2.75, 3.05) is 12.4 Å². The van der Waals surface area contributed by atoms with Crippen LogP contribution in [0.2, 0.25) is 5.02 Å². The Morgan fingerprint density at radius 3 is 2.85 bits per heavy atom. The molecule has 0 unspecified atom stereocenters. The molecule has 1 heterocycles. The number of hydrogen-bond donors (Lipinski definition) is 2. The summed E-state index contributed by atoms with van der Waals surface area (Å²) in [6, 6.07) is 12.9. The fourth-order valence-corrected chi connectivity index (χ4v) is 2.41. The summed E-state index contributed by atoms with van der Waals surface area (Å²) in [5.41, 5.74) is 1.56. The molecule has 132 valence electrons. The first-order valence-corrected chi connectivity index (χ1v) is 8.00. The first-order chi connectivity index (χ1) is 12.6. The molecule has 0 radical (unpaired) electrons. The third-order valence-corrected chi connectivity index (χ3v) is 3.76. The van der Waals surface area contributed by atoms with Crippen molar-refractivity contribution in [1.29, 1.82) is 0 Å². The van der Waals surface area contributed by atoms with Crippen LogP contribution in [0.5, 0.6) is 11.5 Å². The number of amides is 1. The number of carbonyl (C=O) groups excluding carboxylic acids is 1. The van der Waals surface area contributed by atoms with E-state index in [2.05, 4.69) is 10.3 Å². The molecule has 0 saturated heterocycles. The number of benzene rings is 2. The molecule has 1 aromatic heterocycles. The second-order valence-corrected chi connectivity index (χ2v) is 5.71. The number of ether oxygens (including phenoxy) is 1. The van der Waals surface area contributed by atoms with Crippen LogP contribution in [-0.2, 0) is 0 Å². The number of halogens is 1. The molecule has 0 atom stereocenters. The van der Waals surface area contributed by atoms with Gasteiger partial charge in [0.2, 0.25) is 0 Å². The Bertz CT molecular complexity index is 952. The summed E-state index contributed by atoms with van der Waals surface area (Å²) in [4.78, 5) is 16.4. The quantitative estimate of drug-likeness (QED) is 0.640. The highest BCUT2D eigenvalue weighted by molar-refractivity contribution is 6.30. The monoisotopic (exact) mass is 370 g/mol. The van der Waals surface area contributed by atoms with Crippen molar-refractivity contribution in [2.45, 2.75) is 0 Å². The first-order valence-electron chi connectivity index (χ1n) is 7.62. The second kappa shape index (κ2) is 7.76. The number of anilines is 1. The van der Waals surface area contributed by atoms with Crippen molar-refractivity contribution in [1.82, 2.24) is 0 Å². The number of aromatic hydroxyl groups is 1. The summed E-state index contributed by atoms with van der Waals surface area (Å²) in [7, 11) is 1.49. The van der Waals surface area contributed by atoms with E-state index in [1.807, 2.05) is 0 Å². The molecular weight excluding hydrogens is 356 g/mol. The third kappa shape index (κ3) is 4.04. The molecule has 0 aliphatic carbocycles. The van der Waals surface area contributed by atoms with Crippen LogP contribution >= 0.6 is 11.6 Å². The van der Waals surface area contributed by atoms with Gasteiger partial charge >= 0.3 is 0 Å². The lowest BCUT2D eigenvalue weighted by molar-refractivity contribution is 0.0996. The third-order valence-electron chi connectivity index (χ3n) is 3.52. The molecule has 0 spiro atoms. The Morgan fingerprint density at radius 1 is 1.27 bits per heavy atom. The predicted molar refractivity (Wildman–Crippen MR) is 100 cm³/mol. The van der Waals surface area contributed by atoms with Gasteiger partial charge in [0.05, 0.1) is 24.7 Å². The summed E-state index contributed by atoms with van der Waals surface area (Å²) < 4.78 is 10.4. The van der Waals surface area contributed by atoms with Crippen LogP contribution in [0.3, 0.4) is 0 Å². The number of phenolic OH excluding ortho intramolecular Hbond substituents is 1. The van der Waals surface area contributed by atoms with Crippen molar-refractivity contribution in [3.8, 4) is 11.5 Å². The minimum atomic E-state index is -0.381. The zero-order valence-corrected chi connectivity index (χ0v) is 14.5. The van der Waals surface area contributed by atoms with E-state index < -0.39 is 0 Å². The number of methoxy groups -OCH3 is 1. The molecule has 1 amide bonds. The number of nitrogens with one attached hydrogen (secondary N) is 1. The number of furan rings is 1. The Hall–Kier alpha value is -3.25.